The molecule has 124 valence electrons. The molecule has 0 radical (unpaired) electrons. The molecule has 1 aliphatic rings. The number of nitrogens with two attached hydrogens (primary N) is 1. The highest BCUT2D eigenvalue weighted by Gasteiger charge is 2.29. The van der Waals surface area contributed by atoms with Gasteiger partial charge in [0.15, 0.2) is 0 Å². The first-order chi connectivity index (χ1) is 10.2. The van der Waals surface area contributed by atoms with Gasteiger partial charge in [0.25, 0.3) is 0 Å². The van der Waals surface area contributed by atoms with E-state index in [9.17, 15) is 21.6 Å². The molecule has 2 rings (SSSR count). The molecule has 0 heterocycles. The number of halogens is 3. The number of anilines is 1. The average Bonchev–Trinajstić information content (AvgIpc) is 2.36. The van der Waals surface area contributed by atoms with Crippen molar-refractivity contribution in [2.24, 2.45) is 0 Å². The lowest BCUT2D eigenvalue weighted by molar-refractivity contribution is -0.134. The number of aryl methyl sites for hydroxylation is 1. The molecule has 0 aliphatic heterocycles. The highest BCUT2D eigenvalue weighted by molar-refractivity contribution is 7.89. The Balaban J connectivity index is 2.02. The van der Waals surface area contributed by atoms with Crippen LogP contribution in [0.1, 0.15) is 42.9 Å². The monoisotopic (exact) mass is 336 g/mol. The number of alkyl halides is 3. The third kappa shape index (κ3) is 4.88. The van der Waals surface area contributed by atoms with E-state index in [1.165, 1.54) is 0 Å². The molecular weight excluding hydrogens is 317 g/mol. The van der Waals surface area contributed by atoms with E-state index in [0.29, 0.717) is 12.1 Å². The van der Waals surface area contributed by atoms with Crippen LogP contribution in [0.25, 0.3) is 0 Å². The molecule has 0 saturated carbocycles. The second-order valence-corrected chi connectivity index (χ2v) is 7.43. The third-order valence-corrected chi connectivity index (χ3v) is 5.15. The van der Waals surface area contributed by atoms with Crippen molar-refractivity contribution in [3.8, 4) is 0 Å². The summed E-state index contributed by atoms with van der Waals surface area (Å²) < 4.78 is 62.7. The molecule has 22 heavy (non-hydrogen) atoms. The average molecular weight is 336 g/mol. The van der Waals surface area contributed by atoms with Crippen LogP contribution in [0.5, 0.6) is 0 Å². The van der Waals surface area contributed by atoms with Gasteiger partial charge in [0.1, 0.15) is 0 Å². The SMILES string of the molecule is Nc1ccc2c(c1)CCCC2NS(=O)(=O)CCCC(F)(F)F. The maximum atomic E-state index is 12.1. The molecule has 0 aromatic heterocycles. The highest BCUT2D eigenvalue weighted by Crippen LogP contribution is 2.31. The van der Waals surface area contributed by atoms with Crippen molar-refractivity contribution in [3.05, 3.63) is 29.3 Å². The Labute approximate surface area is 127 Å². The summed E-state index contributed by atoms with van der Waals surface area (Å²) in [5.41, 5.74) is 8.19. The fourth-order valence-corrected chi connectivity index (χ4v) is 4.02. The first-order valence-corrected chi connectivity index (χ1v) is 8.76. The second-order valence-electron chi connectivity index (χ2n) is 5.56. The number of fused-ring (bicyclic) bond motifs is 1. The Morgan fingerprint density at radius 1 is 1.32 bits per heavy atom. The molecule has 0 fully saturated rings. The number of sulfonamides is 1. The predicted molar refractivity (Wildman–Crippen MR) is 78.7 cm³/mol. The molecule has 1 aliphatic carbocycles. The van der Waals surface area contributed by atoms with Crippen LogP contribution in [0.15, 0.2) is 18.2 Å². The number of benzene rings is 1. The molecule has 1 aromatic carbocycles. The summed E-state index contributed by atoms with van der Waals surface area (Å²) in [7, 11) is -3.74. The van der Waals surface area contributed by atoms with Gasteiger partial charge in [-0.05, 0) is 48.9 Å². The van der Waals surface area contributed by atoms with Crippen LogP contribution >= 0.6 is 0 Å². The summed E-state index contributed by atoms with van der Waals surface area (Å²) in [6, 6.07) is 4.92. The van der Waals surface area contributed by atoms with Gasteiger partial charge in [-0.1, -0.05) is 6.07 Å². The van der Waals surface area contributed by atoms with E-state index >= 15 is 0 Å². The smallest absolute Gasteiger partial charge is 0.389 e. The molecule has 3 N–H and O–H groups in total. The van der Waals surface area contributed by atoms with Crippen LogP contribution in [0.2, 0.25) is 0 Å². The zero-order valence-electron chi connectivity index (χ0n) is 12.0. The number of nitrogen functional groups attached to an aromatic ring is 1. The molecule has 0 amide bonds. The van der Waals surface area contributed by atoms with Crippen molar-refractivity contribution in [2.45, 2.75) is 44.3 Å². The summed E-state index contributed by atoms with van der Waals surface area (Å²) in [5.74, 6) is -0.521. The van der Waals surface area contributed by atoms with Gasteiger partial charge >= 0.3 is 6.18 Å². The van der Waals surface area contributed by atoms with E-state index < -0.39 is 34.8 Å². The van der Waals surface area contributed by atoms with Gasteiger partial charge in [-0.3, -0.25) is 0 Å². The van der Waals surface area contributed by atoms with Gasteiger partial charge in [-0.25, -0.2) is 13.1 Å². The largest absolute Gasteiger partial charge is 0.399 e. The molecule has 1 aromatic rings. The molecule has 0 bridgehead atoms. The van der Waals surface area contributed by atoms with E-state index in [4.69, 9.17) is 5.73 Å². The summed E-state index contributed by atoms with van der Waals surface area (Å²) in [6.07, 6.45) is -3.58. The third-order valence-electron chi connectivity index (χ3n) is 3.68. The lowest BCUT2D eigenvalue weighted by Gasteiger charge is -2.26. The molecule has 1 atom stereocenters. The normalized spacial score (nSPS) is 19.0. The van der Waals surface area contributed by atoms with Gasteiger partial charge in [0.05, 0.1) is 5.75 Å². The van der Waals surface area contributed by atoms with Crippen molar-refractivity contribution >= 4 is 15.7 Å². The summed E-state index contributed by atoms with van der Waals surface area (Å²) >= 11 is 0. The Morgan fingerprint density at radius 2 is 2.05 bits per heavy atom. The molecule has 1 unspecified atom stereocenters. The second kappa shape index (κ2) is 6.45. The number of nitrogens with one attached hydrogen (secondary N) is 1. The Bertz CT molecular complexity index is 629. The van der Waals surface area contributed by atoms with Gasteiger partial charge in [-0.2, -0.15) is 13.2 Å². The van der Waals surface area contributed by atoms with Crippen LogP contribution < -0.4 is 10.5 Å². The summed E-state index contributed by atoms with van der Waals surface area (Å²) in [4.78, 5) is 0. The van der Waals surface area contributed by atoms with E-state index in [-0.39, 0.29) is 6.04 Å². The molecular formula is C14H19F3N2O2S. The molecule has 4 nitrogen and oxygen atoms in total. The number of rotatable bonds is 5. The van der Waals surface area contributed by atoms with Crippen molar-refractivity contribution < 1.29 is 21.6 Å². The van der Waals surface area contributed by atoms with Crippen LogP contribution in [0.4, 0.5) is 18.9 Å². The maximum absolute atomic E-state index is 12.1. The molecule has 8 heteroatoms. The van der Waals surface area contributed by atoms with Crippen LogP contribution in [0, 0.1) is 0 Å². The van der Waals surface area contributed by atoms with E-state index in [0.717, 1.165) is 24.0 Å². The minimum atomic E-state index is -4.33. The fraction of sp³-hybridized carbons (Fsp3) is 0.571. The Hall–Kier alpha value is -1.28. The number of hydrogen-bond donors (Lipinski definition) is 2. The lowest BCUT2D eigenvalue weighted by Crippen LogP contribution is -2.33. The zero-order valence-corrected chi connectivity index (χ0v) is 12.8. The van der Waals surface area contributed by atoms with Crippen molar-refractivity contribution in [1.29, 1.82) is 0 Å². The van der Waals surface area contributed by atoms with Gasteiger partial charge in [0.2, 0.25) is 10.0 Å². The molecule has 0 spiro atoms. The van der Waals surface area contributed by atoms with Crippen molar-refractivity contribution in [1.82, 2.24) is 4.72 Å². The van der Waals surface area contributed by atoms with E-state index in [1.807, 2.05) is 6.07 Å². The van der Waals surface area contributed by atoms with Crippen LogP contribution in [-0.4, -0.2) is 20.3 Å². The van der Waals surface area contributed by atoms with Gasteiger partial charge in [-0.15, -0.1) is 0 Å². The van der Waals surface area contributed by atoms with Crippen LogP contribution in [0.3, 0.4) is 0 Å². The number of hydrogen-bond acceptors (Lipinski definition) is 3. The molecule has 0 saturated heterocycles. The van der Waals surface area contributed by atoms with Gasteiger partial charge in [0, 0.05) is 18.2 Å². The van der Waals surface area contributed by atoms with Crippen molar-refractivity contribution in [3.63, 3.8) is 0 Å². The first-order valence-electron chi connectivity index (χ1n) is 7.11. The van der Waals surface area contributed by atoms with E-state index in [2.05, 4.69) is 4.72 Å². The fourth-order valence-electron chi connectivity index (χ4n) is 2.69. The quantitative estimate of drug-likeness (QED) is 0.812. The highest BCUT2D eigenvalue weighted by atomic mass is 32.2. The Kier molecular flexibility index (Phi) is 5.01. The Morgan fingerprint density at radius 3 is 2.73 bits per heavy atom. The van der Waals surface area contributed by atoms with Crippen molar-refractivity contribution in [2.75, 3.05) is 11.5 Å². The first kappa shape index (κ1) is 17.1. The zero-order chi connectivity index (χ0) is 16.4. The van der Waals surface area contributed by atoms with Crippen LogP contribution in [-0.2, 0) is 16.4 Å². The van der Waals surface area contributed by atoms with E-state index in [1.54, 1.807) is 12.1 Å². The minimum absolute atomic E-state index is 0.389. The maximum Gasteiger partial charge on any atom is 0.389 e. The minimum Gasteiger partial charge on any atom is -0.399 e. The predicted octanol–water partition coefficient (Wildman–Crippen LogP) is 2.91. The lowest BCUT2D eigenvalue weighted by atomic mass is 9.88. The van der Waals surface area contributed by atoms with Gasteiger partial charge < -0.3 is 5.73 Å². The topological polar surface area (TPSA) is 72.2 Å². The summed E-state index contributed by atoms with van der Waals surface area (Å²) in [5, 5.41) is 0. The summed E-state index contributed by atoms with van der Waals surface area (Å²) in [6.45, 7) is 0. The standard InChI is InChI=1S/C14H19F3N2O2S/c15-14(16,17)7-2-8-22(20,21)19-13-4-1-3-10-9-11(18)5-6-12(10)13/h5-6,9,13,19H,1-4,7-8,18H2.